The number of nitrogens with one attached hydrogen (secondary N) is 1. The molecular formula is C18H24N2. The molecular weight excluding hydrogens is 244 g/mol. The summed E-state index contributed by atoms with van der Waals surface area (Å²) in [6.07, 6.45) is 9.53. The van der Waals surface area contributed by atoms with Crippen LogP contribution in [0.1, 0.15) is 51.0 Å². The second kappa shape index (κ2) is 5.92. The molecule has 1 unspecified atom stereocenters. The first-order valence-electron chi connectivity index (χ1n) is 7.95. The number of hydrogen-bond donors (Lipinski definition) is 1. The number of nitrogens with zero attached hydrogens (tertiary/aromatic N) is 1. The van der Waals surface area contributed by atoms with Crippen LogP contribution in [0.5, 0.6) is 0 Å². The van der Waals surface area contributed by atoms with Crippen molar-refractivity contribution in [3.05, 3.63) is 42.1 Å². The van der Waals surface area contributed by atoms with Crippen molar-refractivity contribution < 1.29 is 0 Å². The largest absolute Gasteiger partial charge is 0.307 e. The minimum absolute atomic E-state index is 0.147. The molecule has 2 aromatic rings. The molecule has 2 nitrogen and oxygen atoms in total. The average molecular weight is 268 g/mol. The quantitative estimate of drug-likeness (QED) is 0.892. The number of rotatable bonds is 3. The fourth-order valence-electron chi connectivity index (χ4n) is 3.67. The number of benzene rings is 1. The molecule has 2 heteroatoms. The van der Waals surface area contributed by atoms with E-state index in [0.717, 1.165) is 12.1 Å². The zero-order valence-electron chi connectivity index (χ0n) is 12.4. The highest BCUT2D eigenvalue weighted by atomic mass is 15.0. The lowest BCUT2D eigenvalue weighted by atomic mass is 9.80. The molecule has 2 heterocycles. The van der Waals surface area contributed by atoms with Crippen molar-refractivity contribution in [2.24, 2.45) is 0 Å². The second-order valence-corrected chi connectivity index (χ2v) is 5.95. The summed E-state index contributed by atoms with van der Waals surface area (Å²) in [6.45, 7) is 3.42. The summed E-state index contributed by atoms with van der Waals surface area (Å²) in [5.74, 6) is 0. The first-order chi connectivity index (χ1) is 9.86. The Labute approximate surface area is 121 Å². The van der Waals surface area contributed by atoms with Crippen LogP contribution in [-0.2, 0) is 5.54 Å². The molecule has 1 saturated heterocycles. The lowest BCUT2D eigenvalue weighted by Gasteiger charge is -2.35. The fourth-order valence-corrected chi connectivity index (χ4v) is 3.67. The van der Waals surface area contributed by atoms with Crippen molar-refractivity contribution in [1.29, 1.82) is 0 Å². The van der Waals surface area contributed by atoms with Gasteiger partial charge in [-0.3, -0.25) is 4.98 Å². The molecule has 0 spiro atoms. The second-order valence-electron chi connectivity index (χ2n) is 5.95. The van der Waals surface area contributed by atoms with Gasteiger partial charge in [0.25, 0.3) is 0 Å². The van der Waals surface area contributed by atoms with Crippen LogP contribution in [0.4, 0.5) is 0 Å². The van der Waals surface area contributed by atoms with Crippen molar-refractivity contribution in [2.45, 2.75) is 51.0 Å². The minimum atomic E-state index is 0.147. The summed E-state index contributed by atoms with van der Waals surface area (Å²) in [5.41, 5.74) is 2.71. The van der Waals surface area contributed by atoms with Crippen molar-refractivity contribution in [3.8, 4) is 0 Å². The van der Waals surface area contributed by atoms with Crippen LogP contribution in [0.25, 0.3) is 10.9 Å². The van der Waals surface area contributed by atoms with E-state index in [1.165, 1.54) is 49.5 Å². The maximum Gasteiger partial charge on any atom is 0.0705 e. The maximum atomic E-state index is 4.52. The minimum Gasteiger partial charge on any atom is -0.307 e. The molecule has 1 aromatic heterocycles. The molecule has 20 heavy (non-hydrogen) atoms. The Morgan fingerprint density at radius 3 is 3.00 bits per heavy atom. The topological polar surface area (TPSA) is 24.9 Å². The number of hydrogen-bond acceptors (Lipinski definition) is 2. The van der Waals surface area contributed by atoms with E-state index in [2.05, 4.69) is 47.6 Å². The Morgan fingerprint density at radius 2 is 2.10 bits per heavy atom. The van der Waals surface area contributed by atoms with E-state index in [9.17, 15) is 0 Å². The zero-order chi connectivity index (χ0) is 13.8. The van der Waals surface area contributed by atoms with Crippen LogP contribution >= 0.6 is 0 Å². The van der Waals surface area contributed by atoms with Gasteiger partial charge in [-0.2, -0.15) is 0 Å². The summed E-state index contributed by atoms with van der Waals surface area (Å²) in [7, 11) is 0. The van der Waals surface area contributed by atoms with E-state index in [1.807, 2.05) is 6.20 Å². The normalized spacial score (nSPS) is 23.6. The fraction of sp³-hybridized carbons (Fsp3) is 0.500. The van der Waals surface area contributed by atoms with Gasteiger partial charge in [-0.15, -0.1) is 0 Å². The number of fused-ring (bicyclic) bond motifs is 1. The van der Waals surface area contributed by atoms with Crippen molar-refractivity contribution >= 4 is 10.9 Å². The van der Waals surface area contributed by atoms with E-state index in [0.29, 0.717) is 0 Å². The summed E-state index contributed by atoms with van der Waals surface area (Å²) in [5, 5.41) is 5.19. The summed E-state index contributed by atoms with van der Waals surface area (Å²) < 4.78 is 0. The lowest BCUT2D eigenvalue weighted by Crippen LogP contribution is -2.41. The summed E-state index contributed by atoms with van der Waals surface area (Å²) >= 11 is 0. The van der Waals surface area contributed by atoms with Crippen molar-refractivity contribution in [1.82, 2.24) is 10.3 Å². The standard InChI is InChI=1S/C18H24N2/c1-2-11-18(12-4-3-5-14-20-18)16-9-6-10-17-15(16)8-7-13-19-17/h6-10,13,20H,2-5,11-12,14H2,1H3. The van der Waals surface area contributed by atoms with Gasteiger partial charge in [-0.1, -0.05) is 44.4 Å². The highest BCUT2D eigenvalue weighted by Gasteiger charge is 2.32. The predicted octanol–water partition coefficient (Wildman–Crippen LogP) is 4.39. The highest BCUT2D eigenvalue weighted by Crippen LogP contribution is 2.37. The van der Waals surface area contributed by atoms with Gasteiger partial charge in [0, 0.05) is 17.1 Å². The van der Waals surface area contributed by atoms with Gasteiger partial charge in [0.1, 0.15) is 0 Å². The van der Waals surface area contributed by atoms with Gasteiger partial charge >= 0.3 is 0 Å². The van der Waals surface area contributed by atoms with Crippen LogP contribution in [0.2, 0.25) is 0 Å². The maximum absolute atomic E-state index is 4.52. The van der Waals surface area contributed by atoms with E-state index >= 15 is 0 Å². The molecule has 0 aliphatic carbocycles. The van der Waals surface area contributed by atoms with E-state index in [1.54, 1.807) is 0 Å². The SMILES string of the molecule is CCCC1(c2cccc3ncccc23)CCCCCN1. The Bertz CT molecular complexity index is 563. The molecule has 0 bridgehead atoms. The van der Waals surface area contributed by atoms with Gasteiger partial charge in [0.05, 0.1) is 5.52 Å². The monoisotopic (exact) mass is 268 g/mol. The zero-order valence-corrected chi connectivity index (χ0v) is 12.4. The van der Waals surface area contributed by atoms with Gasteiger partial charge in [0.15, 0.2) is 0 Å². The van der Waals surface area contributed by atoms with Crippen molar-refractivity contribution in [3.63, 3.8) is 0 Å². The van der Waals surface area contributed by atoms with E-state index in [-0.39, 0.29) is 5.54 Å². The molecule has 106 valence electrons. The number of pyridine rings is 1. The first-order valence-corrected chi connectivity index (χ1v) is 7.95. The predicted molar refractivity (Wildman–Crippen MR) is 84.8 cm³/mol. The van der Waals surface area contributed by atoms with Crippen LogP contribution in [0, 0.1) is 0 Å². The Morgan fingerprint density at radius 1 is 1.15 bits per heavy atom. The molecule has 1 aliphatic rings. The highest BCUT2D eigenvalue weighted by molar-refractivity contribution is 5.83. The molecule has 1 N–H and O–H groups in total. The van der Waals surface area contributed by atoms with Gasteiger partial charge in [-0.05, 0) is 43.5 Å². The van der Waals surface area contributed by atoms with Crippen LogP contribution in [-0.4, -0.2) is 11.5 Å². The molecule has 0 amide bonds. The Hall–Kier alpha value is -1.41. The molecule has 1 aliphatic heterocycles. The lowest BCUT2D eigenvalue weighted by molar-refractivity contribution is 0.300. The Balaban J connectivity index is 2.13. The molecule has 0 radical (unpaired) electrons. The number of aromatic nitrogens is 1. The van der Waals surface area contributed by atoms with Gasteiger partial charge < -0.3 is 5.32 Å². The Kier molecular flexibility index (Phi) is 4.02. The van der Waals surface area contributed by atoms with Crippen LogP contribution in [0.15, 0.2) is 36.5 Å². The summed E-state index contributed by atoms with van der Waals surface area (Å²) in [4.78, 5) is 4.52. The van der Waals surface area contributed by atoms with E-state index in [4.69, 9.17) is 0 Å². The van der Waals surface area contributed by atoms with Crippen LogP contribution < -0.4 is 5.32 Å². The first kappa shape index (κ1) is 13.6. The third kappa shape index (κ3) is 2.45. The van der Waals surface area contributed by atoms with Crippen molar-refractivity contribution in [2.75, 3.05) is 6.54 Å². The van der Waals surface area contributed by atoms with Crippen LogP contribution in [0.3, 0.4) is 0 Å². The van der Waals surface area contributed by atoms with Gasteiger partial charge in [0.2, 0.25) is 0 Å². The molecule has 1 fully saturated rings. The third-order valence-corrected chi connectivity index (χ3v) is 4.58. The summed E-state index contributed by atoms with van der Waals surface area (Å²) in [6, 6.07) is 10.9. The third-order valence-electron chi connectivity index (χ3n) is 4.58. The average Bonchev–Trinajstić information content (AvgIpc) is 2.73. The van der Waals surface area contributed by atoms with E-state index < -0.39 is 0 Å². The smallest absolute Gasteiger partial charge is 0.0705 e. The molecule has 0 saturated carbocycles. The molecule has 3 rings (SSSR count). The van der Waals surface area contributed by atoms with Gasteiger partial charge in [-0.25, -0.2) is 0 Å². The molecule has 1 atom stereocenters. The molecule has 1 aromatic carbocycles.